The molecule has 2 aromatic rings. The van der Waals surface area contributed by atoms with Gasteiger partial charge >= 0.3 is 0 Å². The van der Waals surface area contributed by atoms with Gasteiger partial charge < -0.3 is 4.74 Å². The van der Waals surface area contributed by atoms with E-state index in [1.165, 1.54) is 5.56 Å². The first kappa shape index (κ1) is 13.1. The second-order valence-electron chi connectivity index (χ2n) is 3.86. The summed E-state index contributed by atoms with van der Waals surface area (Å²) < 4.78 is 5.54. The van der Waals surface area contributed by atoms with Gasteiger partial charge in [-0.15, -0.1) is 0 Å². The molecule has 2 rings (SSSR count). The van der Waals surface area contributed by atoms with Crippen LogP contribution in [0.2, 0.25) is 0 Å². The largest absolute Gasteiger partial charge is 0.380 e. The Morgan fingerprint density at radius 1 is 1.17 bits per heavy atom. The van der Waals surface area contributed by atoms with Crippen LogP contribution in [-0.4, -0.2) is 34.4 Å². The molecule has 0 saturated carbocycles. The van der Waals surface area contributed by atoms with E-state index in [2.05, 4.69) is 39.7 Å². The zero-order valence-electron chi connectivity index (χ0n) is 10.2. The molecule has 0 bridgehead atoms. The topological polar surface area (TPSA) is 50.8 Å². The fourth-order valence-corrected chi connectivity index (χ4v) is 2.31. The van der Waals surface area contributed by atoms with Crippen molar-refractivity contribution in [3.05, 3.63) is 47.8 Å². The van der Waals surface area contributed by atoms with Gasteiger partial charge in [0.25, 0.3) is 0 Å². The van der Waals surface area contributed by atoms with E-state index in [1.807, 2.05) is 17.8 Å². The Morgan fingerprint density at radius 2 is 2.06 bits per heavy atom. The molecular weight excluding hydrogens is 246 g/mol. The molecule has 0 saturated heterocycles. The number of rotatable bonds is 8. The molecule has 0 amide bonds. The van der Waals surface area contributed by atoms with Crippen LogP contribution in [0.15, 0.2) is 36.5 Å². The van der Waals surface area contributed by atoms with Crippen LogP contribution in [0.1, 0.15) is 11.3 Å². The number of hydrogen-bond acceptors (Lipinski definition) is 4. The number of ether oxygens (including phenoxy) is 1. The normalized spacial score (nSPS) is 10.7. The molecule has 1 heterocycles. The first-order chi connectivity index (χ1) is 8.95. The number of nitrogens with zero attached hydrogens (tertiary/aromatic N) is 2. The summed E-state index contributed by atoms with van der Waals surface area (Å²) in [6.45, 7) is 1.49. The van der Waals surface area contributed by atoms with Gasteiger partial charge in [-0.3, -0.25) is 0 Å². The highest BCUT2D eigenvalue weighted by molar-refractivity contribution is 7.98. The molecule has 0 aliphatic heterocycles. The Kier molecular flexibility index (Phi) is 5.75. The predicted molar refractivity (Wildman–Crippen MR) is 73.5 cm³/mol. The average molecular weight is 263 g/mol. The van der Waals surface area contributed by atoms with Gasteiger partial charge in [0.1, 0.15) is 0 Å². The quantitative estimate of drug-likeness (QED) is 0.742. The SMILES string of the molecule is c1ccc(CSCCOCCc2cn[nH]n2)cc1. The molecule has 96 valence electrons. The minimum atomic E-state index is 0.707. The van der Waals surface area contributed by atoms with Crippen LogP contribution in [0.4, 0.5) is 0 Å². The van der Waals surface area contributed by atoms with Crippen LogP contribution >= 0.6 is 11.8 Å². The summed E-state index contributed by atoms with van der Waals surface area (Å²) in [5.41, 5.74) is 2.32. The van der Waals surface area contributed by atoms with E-state index in [1.54, 1.807) is 6.20 Å². The van der Waals surface area contributed by atoms with E-state index in [0.29, 0.717) is 6.61 Å². The Balaban J connectivity index is 1.47. The molecule has 18 heavy (non-hydrogen) atoms. The van der Waals surface area contributed by atoms with Crippen molar-refractivity contribution < 1.29 is 4.74 Å². The molecule has 0 aliphatic carbocycles. The number of nitrogens with one attached hydrogen (secondary N) is 1. The number of thioether (sulfide) groups is 1. The van der Waals surface area contributed by atoms with Crippen molar-refractivity contribution in [2.75, 3.05) is 19.0 Å². The van der Waals surface area contributed by atoms with Gasteiger partial charge in [0.15, 0.2) is 0 Å². The second-order valence-corrected chi connectivity index (χ2v) is 4.97. The Morgan fingerprint density at radius 3 is 2.83 bits per heavy atom. The number of hydrogen-bond donors (Lipinski definition) is 1. The molecule has 0 fully saturated rings. The Labute approximate surface area is 111 Å². The lowest BCUT2D eigenvalue weighted by Crippen LogP contribution is -2.02. The molecule has 4 nitrogen and oxygen atoms in total. The van der Waals surface area contributed by atoms with Gasteiger partial charge in [-0.1, -0.05) is 30.3 Å². The number of H-pyrrole nitrogens is 1. The van der Waals surface area contributed by atoms with Crippen molar-refractivity contribution in [2.24, 2.45) is 0 Å². The van der Waals surface area contributed by atoms with E-state index in [-0.39, 0.29) is 0 Å². The summed E-state index contributed by atoms with van der Waals surface area (Å²) in [6, 6.07) is 10.5. The smallest absolute Gasteiger partial charge is 0.0847 e. The lowest BCUT2D eigenvalue weighted by Gasteiger charge is -2.03. The second kappa shape index (κ2) is 7.89. The van der Waals surface area contributed by atoms with Gasteiger partial charge in [0.2, 0.25) is 0 Å². The fraction of sp³-hybridized carbons (Fsp3) is 0.385. The summed E-state index contributed by atoms with van der Waals surface area (Å²) >= 11 is 1.90. The molecule has 0 aliphatic rings. The number of benzene rings is 1. The third kappa shape index (κ3) is 4.89. The number of aromatic amines is 1. The van der Waals surface area contributed by atoms with Crippen molar-refractivity contribution >= 4 is 11.8 Å². The van der Waals surface area contributed by atoms with Gasteiger partial charge in [-0.2, -0.15) is 27.2 Å². The molecule has 0 spiro atoms. The van der Waals surface area contributed by atoms with Crippen molar-refractivity contribution in [2.45, 2.75) is 12.2 Å². The molecule has 0 atom stereocenters. The highest BCUT2D eigenvalue weighted by Gasteiger charge is 1.96. The summed E-state index contributed by atoms with van der Waals surface area (Å²) in [7, 11) is 0. The van der Waals surface area contributed by atoms with Crippen LogP contribution in [0, 0.1) is 0 Å². The average Bonchev–Trinajstić information content (AvgIpc) is 2.92. The first-order valence-corrected chi connectivity index (χ1v) is 7.14. The maximum atomic E-state index is 5.54. The van der Waals surface area contributed by atoms with Gasteiger partial charge in [-0.05, 0) is 5.56 Å². The molecule has 0 radical (unpaired) electrons. The summed E-state index contributed by atoms with van der Waals surface area (Å²) in [4.78, 5) is 0. The Hall–Kier alpha value is -1.33. The summed E-state index contributed by atoms with van der Waals surface area (Å²) in [5.74, 6) is 2.07. The predicted octanol–water partition coefficient (Wildman–Crippen LogP) is 2.30. The summed E-state index contributed by atoms with van der Waals surface area (Å²) in [5, 5.41) is 10.3. The van der Waals surface area contributed by atoms with E-state index in [9.17, 15) is 0 Å². The van der Waals surface area contributed by atoms with Crippen LogP contribution in [0.3, 0.4) is 0 Å². The highest BCUT2D eigenvalue weighted by atomic mass is 32.2. The molecule has 0 unspecified atom stereocenters. The molecule has 1 aromatic heterocycles. The molecule has 5 heteroatoms. The fourth-order valence-electron chi connectivity index (χ4n) is 1.51. The zero-order chi connectivity index (χ0) is 12.5. The van der Waals surface area contributed by atoms with Crippen molar-refractivity contribution in [3.63, 3.8) is 0 Å². The van der Waals surface area contributed by atoms with E-state index < -0.39 is 0 Å². The number of aromatic nitrogens is 3. The first-order valence-electron chi connectivity index (χ1n) is 5.99. The van der Waals surface area contributed by atoms with Crippen molar-refractivity contribution in [1.29, 1.82) is 0 Å². The van der Waals surface area contributed by atoms with Crippen LogP contribution in [0.5, 0.6) is 0 Å². The standard InChI is InChI=1S/C13H17N3OS/c1-2-4-12(5-3-1)11-18-9-8-17-7-6-13-10-14-16-15-13/h1-5,10H,6-9,11H2,(H,14,15,16). The maximum absolute atomic E-state index is 5.54. The maximum Gasteiger partial charge on any atom is 0.0847 e. The lowest BCUT2D eigenvalue weighted by atomic mass is 10.2. The summed E-state index contributed by atoms with van der Waals surface area (Å²) in [6.07, 6.45) is 2.55. The van der Waals surface area contributed by atoms with Gasteiger partial charge in [-0.25, -0.2) is 0 Å². The van der Waals surface area contributed by atoms with E-state index in [4.69, 9.17) is 4.74 Å². The zero-order valence-corrected chi connectivity index (χ0v) is 11.0. The Bertz CT molecular complexity index is 419. The van der Waals surface area contributed by atoms with Crippen LogP contribution in [-0.2, 0) is 16.9 Å². The van der Waals surface area contributed by atoms with Gasteiger partial charge in [0, 0.05) is 17.9 Å². The van der Waals surface area contributed by atoms with E-state index >= 15 is 0 Å². The van der Waals surface area contributed by atoms with Crippen LogP contribution < -0.4 is 0 Å². The monoisotopic (exact) mass is 263 g/mol. The third-order valence-corrected chi connectivity index (χ3v) is 3.44. The lowest BCUT2D eigenvalue weighted by molar-refractivity contribution is 0.152. The van der Waals surface area contributed by atoms with Gasteiger partial charge in [0.05, 0.1) is 25.1 Å². The van der Waals surface area contributed by atoms with E-state index in [0.717, 1.165) is 30.2 Å². The van der Waals surface area contributed by atoms with Crippen LogP contribution in [0.25, 0.3) is 0 Å². The molecule has 1 N–H and O–H groups in total. The molecular formula is C13H17N3OS. The van der Waals surface area contributed by atoms with Crippen molar-refractivity contribution in [3.8, 4) is 0 Å². The minimum absolute atomic E-state index is 0.707. The van der Waals surface area contributed by atoms with Crippen molar-refractivity contribution in [1.82, 2.24) is 15.4 Å². The third-order valence-electron chi connectivity index (χ3n) is 2.45. The molecule has 1 aromatic carbocycles. The highest BCUT2D eigenvalue weighted by Crippen LogP contribution is 2.11. The minimum Gasteiger partial charge on any atom is -0.380 e.